The number of hydrogen-bond acceptors (Lipinski definition) is 5. The van der Waals surface area contributed by atoms with E-state index in [4.69, 9.17) is 10.5 Å². The average molecular weight is 491 g/mol. The quantitative estimate of drug-likeness (QED) is 0.438. The minimum absolute atomic E-state index is 0.0227. The van der Waals surface area contributed by atoms with E-state index in [-0.39, 0.29) is 24.8 Å². The topological polar surface area (TPSA) is 131 Å². The SMILES string of the molecule is CCCC(C)NC(=O)C(c1cccc(C)c1C)N(C)C(=O)C(CCC(N)=O)NC(=O)OC(C)(C)C. The number of aryl methyl sites for hydroxylation is 1. The third-order valence-electron chi connectivity index (χ3n) is 5.70. The lowest BCUT2D eigenvalue weighted by Gasteiger charge is -2.33. The number of benzene rings is 1. The van der Waals surface area contributed by atoms with Gasteiger partial charge in [-0.2, -0.15) is 0 Å². The van der Waals surface area contributed by atoms with Crippen LogP contribution >= 0.6 is 0 Å². The van der Waals surface area contributed by atoms with Gasteiger partial charge in [-0.15, -0.1) is 0 Å². The molecule has 3 unspecified atom stereocenters. The number of carbonyl (C=O) groups is 4. The molecule has 0 saturated carbocycles. The Bertz CT molecular complexity index is 909. The highest BCUT2D eigenvalue weighted by molar-refractivity contribution is 5.92. The summed E-state index contributed by atoms with van der Waals surface area (Å²) >= 11 is 0. The van der Waals surface area contributed by atoms with E-state index in [0.29, 0.717) is 5.56 Å². The van der Waals surface area contributed by atoms with Gasteiger partial charge in [0.05, 0.1) is 0 Å². The molecule has 35 heavy (non-hydrogen) atoms. The van der Waals surface area contributed by atoms with Gasteiger partial charge in [-0.25, -0.2) is 4.79 Å². The number of carbonyl (C=O) groups excluding carboxylic acids is 4. The molecule has 0 aliphatic rings. The summed E-state index contributed by atoms with van der Waals surface area (Å²) in [6.45, 7) is 12.9. The molecular weight excluding hydrogens is 448 g/mol. The summed E-state index contributed by atoms with van der Waals surface area (Å²) in [5, 5.41) is 5.55. The number of amides is 4. The molecule has 0 spiro atoms. The Morgan fingerprint density at radius 1 is 1.09 bits per heavy atom. The third kappa shape index (κ3) is 9.58. The molecule has 0 bridgehead atoms. The Morgan fingerprint density at radius 2 is 1.71 bits per heavy atom. The van der Waals surface area contributed by atoms with E-state index in [2.05, 4.69) is 10.6 Å². The number of hydrogen-bond donors (Lipinski definition) is 3. The van der Waals surface area contributed by atoms with Crippen molar-refractivity contribution < 1.29 is 23.9 Å². The molecule has 1 aromatic rings. The molecule has 0 radical (unpaired) electrons. The fourth-order valence-electron chi connectivity index (χ4n) is 3.79. The zero-order chi connectivity index (χ0) is 26.9. The van der Waals surface area contributed by atoms with Crippen LogP contribution in [0.2, 0.25) is 0 Å². The van der Waals surface area contributed by atoms with Crippen LogP contribution in [0, 0.1) is 13.8 Å². The van der Waals surface area contributed by atoms with E-state index in [1.165, 1.54) is 11.9 Å². The second kappa shape index (κ2) is 13.1. The number of alkyl carbamates (subject to hydrolysis) is 1. The normalized spacial score (nSPS) is 13.8. The molecule has 0 heterocycles. The van der Waals surface area contributed by atoms with Crippen LogP contribution in [0.15, 0.2) is 18.2 Å². The van der Waals surface area contributed by atoms with E-state index < -0.39 is 35.6 Å². The molecule has 4 N–H and O–H groups in total. The minimum Gasteiger partial charge on any atom is -0.444 e. The number of primary amides is 1. The van der Waals surface area contributed by atoms with Crippen molar-refractivity contribution >= 4 is 23.8 Å². The van der Waals surface area contributed by atoms with Crippen LogP contribution in [0.3, 0.4) is 0 Å². The van der Waals surface area contributed by atoms with Crippen molar-refractivity contribution in [1.29, 1.82) is 0 Å². The summed E-state index contributed by atoms with van der Waals surface area (Å²) in [6, 6.07) is 3.49. The highest BCUT2D eigenvalue weighted by Gasteiger charge is 2.35. The van der Waals surface area contributed by atoms with Crippen LogP contribution in [0.4, 0.5) is 4.79 Å². The number of likely N-dealkylation sites (N-methyl/N-ethyl adjacent to an activating group) is 1. The van der Waals surface area contributed by atoms with Crippen molar-refractivity contribution in [2.24, 2.45) is 5.73 Å². The van der Waals surface area contributed by atoms with Gasteiger partial charge in [0.25, 0.3) is 0 Å². The first-order valence-corrected chi connectivity index (χ1v) is 12.1. The van der Waals surface area contributed by atoms with Gasteiger partial charge in [0, 0.05) is 19.5 Å². The molecule has 4 amide bonds. The number of nitrogens with one attached hydrogen (secondary N) is 2. The molecule has 0 fully saturated rings. The fourth-order valence-corrected chi connectivity index (χ4v) is 3.79. The molecular formula is C26H42N4O5. The summed E-state index contributed by atoms with van der Waals surface area (Å²) in [7, 11) is 1.52. The molecule has 1 aromatic carbocycles. The second-order valence-electron chi connectivity index (χ2n) is 10.0. The standard InChI is InChI=1S/C26H42N4O5/c1-9-11-17(3)28-23(32)22(19-13-10-12-16(2)18(19)4)30(8)24(33)20(14-15-21(27)31)29-25(34)35-26(5,6)7/h10,12-13,17,20,22H,9,11,14-15H2,1-8H3,(H2,27,31)(H,28,32)(H,29,34). The summed E-state index contributed by atoms with van der Waals surface area (Å²) in [4.78, 5) is 52.2. The number of nitrogens with zero attached hydrogens (tertiary/aromatic N) is 1. The fraction of sp³-hybridized carbons (Fsp3) is 0.615. The largest absolute Gasteiger partial charge is 0.444 e. The van der Waals surface area contributed by atoms with Crippen LogP contribution in [-0.4, -0.2) is 53.4 Å². The molecule has 196 valence electrons. The molecule has 0 saturated heterocycles. The van der Waals surface area contributed by atoms with Crippen molar-refractivity contribution in [2.45, 2.75) is 97.9 Å². The lowest BCUT2D eigenvalue weighted by Crippen LogP contribution is -2.52. The van der Waals surface area contributed by atoms with E-state index in [0.717, 1.165) is 24.0 Å². The van der Waals surface area contributed by atoms with Gasteiger partial charge < -0.3 is 26.0 Å². The molecule has 0 aromatic heterocycles. The van der Waals surface area contributed by atoms with Crippen molar-refractivity contribution in [1.82, 2.24) is 15.5 Å². The summed E-state index contributed by atoms with van der Waals surface area (Å²) in [6.07, 6.45) is 0.765. The first-order chi connectivity index (χ1) is 16.2. The second-order valence-corrected chi connectivity index (χ2v) is 10.0. The van der Waals surface area contributed by atoms with Gasteiger partial charge in [-0.05, 0) is 71.1 Å². The summed E-state index contributed by atoms with van der Waals surface area (Å²) in [5.74, 6) is -1.45. The predicted molar refractivity (Wildman–Crippen MR) is 136 cm³/mol. The third-order valence-corrected chi connectivity index (χ3v) is 5.70. The summed E-state index contributed by atoms with van der Waals surface area (Å²) in [5.41, 5.74) is 7.09. The maximum Gasteiger partial charge on any atom is 0.408 e. The van der Waals surface area contributed by atoms with Crippen molar-refractivity contribution in [3.05, 3.63) is 34.9 Å². The maximum atomic E-state index is 13.6. The first kappa shape index (κ1) is 29.9. The van der Waals surface area contributed by atoms with Crippen molar-refractivity contribution in [2.75, 3.05) is 7.05 Å². The van der Waals surface area contributed by atoms with Gasteiger partial charge in [-0.3, -0.25) is 14.4 Å². The molecule has 3 atom stereocenters. The van der Waals surface area contributed by atoms with Crippen LogP contribution in [0.5, 0.6) is 0 Å². The van der Waals surface area contributed by atoms with Gasteiger partial charge in [0.2, 0.25) is 17.7 Å². The lowest BCUT2D eigenvalue weighted by molar-refractivity contribution is -0.141. The zero-order valence-electron chi connectivity index (χ0n) is 22.4. The summed E-state index contributed by atoms with van der Waals surface area (Å²) < 4.78 is 5.30. The Kier molecular flexibility index (Phi) is 11.2. The zero-order valence-corrected chi connectivity index (χ0v) is 22.4. The molecule has 9 heteroatoms. The van der Waals surface area contributed by atoms with E-state index in [1.54, 1.807) is 20.8 Å². The monoisotopic (exact) mass is 490 g/mol. The average Bonchev–Trinajstić information content (AvgIpc) is 2.72. The molecule has 9 nitrogen and oxygen atoms in total. The van der Waals surface area contributed by atoms with Crippen LogP contribution < -0.4 is 16.4 Å². The van der Waals surface area contributed by atoms with E-state index in [9.17, 15) is 19.2 Å². The van der Waals surface area contributed by atoms with Crippen LogP contribution in [0.25, 0.3) is 0 Å². The van der Waals surface area contributed by atoms with Gasteiger partial charge in [0.15, 0.2) is 0 Å². The van der Waals surface area contributed by atoms with E-state index >= 15 is 0 Å². The highest BCUT2D eigenvalue weighted by Crippen LogP contribution is 2.27. The number of nitrogens with two attached hydrogens (primary N) is 1. The van der Waals surface area contributed by atoms with Crippen LogP contribution in [-0.2, 0) is 19.1 Å². The van der Waals surface area contributed by atoms with Crippen LogP contribution in [0.1, 0.15) is 83.0 Å². The van der Waals surface area contributed by atoms with Crippen molar-refractivity contribution in [3.63, 3.8) is 0 Å². The highest BCUT2D eigenvalue weighted by atomic mass is 16.6. The van der Waals surface area contributed by atoms with Gasteiger partial charge in [0.1, 0.15) is 17.7 Å². The minimum atomic E-state index is -1.10. The Labute approximate surface area is 209 Å². The predicted octanol–water partition coefficient (Wildman–Crippen LogP) is 3.27. The molecule has 0 aliphatic heterocycles. The molecule has 0 aliphatic carbocycles. The Hall–Kier alpha value is -3.10. The van der Waals surface area contributed by atoms with Crippen molar-refractivity contribution in [3.8, 4) is 0 Å². The number of ether oxygens (including phenoxy) is 1. The smallest absolute Gasteiger partial charge is 0.408 e. The lowest BCUT2D eigenvalue weighted by atomic mass is 9.95. The van der Waals surface area contributed by atoms with Gasteiger partial charge in [-0.1, -0.05) is 31.5 Å². The Balaban J connectivity index is 3.35. The van der Waals surface area contributed by atoms with E-state index in [1.807, 2.05) is 45.9 Å². The maximum absolute atomic E-state index is 13.6. The Morgan fingerprint density at radius 3 is 2.26 bits per heavy atom. The van der Waals surface area contributed by atoms with Gasteiger partial charge >= 0.3 is 6.09 Å². The first-order valence-electron chi connectivity index (χ1n) is 12.1. The molecule has 1 rings (SSSR count). The number of rotatable bonds is 11.